The Bertz CT molecular complexity index is 670. The fourth-order valence-corrected chi connectivity index (χ4v) is 2.57. The first-order chi connectivity index (χ1) is 8.84. The second-order valence-electron chi connectivity index (χ2n) is 3.80. The molecule has 0 aliphatic rings. The SMILES string of the molecule is Oc1ccccc1-c1nnc(-c2ccccc2)s1.[BeH2]. The average molecular weight is 265 g/mol. The number of aromatic hydroxyl groups is 1. The van der Waals surface area contributed by atoms with Crippen molar-refractivity contribution in [3.8, 4) is 26.9 Å². The molecule has 19 heavy (non-hydrogen) atoms. The van der Waals surface area contributed by atoms with Crippen LogP contribution in [-0.2, 0) is 0 Å². The predicted molar refractivity (Wildman–Crippen MR) is 81.0 cm³/mol. The first kappa shape index (κ1) is 13.4. The first-order valence-electron chi connectivity index (χ1n) is 5.52. The first-order valence-corrected chi connectivity index (χ1v) is 6.33. The van der Waals surface area contributed by atoms with Gasteiger partial charge in [0.05, 0.1) is 5.56 Å². The van der Waals surface area contributed by atoms with Crippen LogP contribution in [0.2, 0.25) is 0 Å². The zero-order valence-electron chi connectivity index (χ0n) is 9.45. The topological polar surface area (TPSA) is 46.0 Å². The van der Waals surface area contributed by atoms with Gasteiger partial charge < -0.3 is 5.11 Å². The molecule has 3 rings (SSSR count). The van der Waals surface area contributed by atoms with Gasteiger partial charge >= 0.3 is 10.1 Å². The number of nitrogens with zero attached hydrogens (tertiary/aromatic N) is 2. The molecule has 0 bridgehead atoms. The summed E-state index contributed by atoms with van der Waals surface area (Å²) in [6.45, 7) is 0. The summed E-state index contributed by atoms with van der Waals surface area (Å²) in [5, 5.41) is 19.7. The van der Waals surface area contributed by atoms with E-state index in [1.807, 2.05) is 42.5 Å². The number of hydrogen-bond donors (Lipinski definition) is 1. The van der Waals surface area contributed by atoms with Gasteiger partial charge in [0.1, 0.15) is 10.8 Å². The molecule has 1 heterocycles. The van der Waals surface area contributed by atoms with Crippen LogP contribution in [0, 0.1) is 0 Å². The van der Waals surface area contributed by atoms with Gasteiger partial charge in [-0.15, -0.1) is 10.2 Å². The number of phenolic OH excluding ortho intramolecular Hbond substituents is 1. The zero-order chi connectivity index (χ0) is 12.4. The fraction of sp³-hybridized carbons (Fsp3) is 0. The normalized spacial score (nSPS) is 9.89. The van der Waals surface area contributed by atoms with Gasteiger partial charge in [0.25, 0.3) is 0 Å². The monoisotopic (exact) mass is 265 g/mol. The minimum absolute atomic E-state index is 0. The molecule has 5 heteroatoms. The minimum atomic E-state index is 0. The van der Waals surface area contributed by atoms with Crippen LogP contribution in [0.3, 0.4) is 0 Å². The van der Waals surface area contributed by atoms with E-state index in [1.165, 1.54) is 11.3 Å². The Balaban J connectivity index is 0.00000133. The Labute approximate surface area is 118 Å². The summed E-state index contributed by atoms with van der Waals surface area (Å²) in [4.78, 5) is 0. The second-order valence-corrected chi connectivity index (χ2v) is 4.77. The third kappa shape index (κ3) is 2.70. The average Bonchev–Trinajstić information content (AvgIpc) is 2.90. The van der Waals surface area contributed by atoms with Crippen LogP contribution in [-0.4, -0.2) is 25.4 Å². The van der Waals surface area contributed by atoms with Gasteiger partial charge in [-0.2, -0.15) is 0 Å². The summed E-state index contributed by atoms with van der Waals surface area (Å²) in [7, 11) is 0. The molecule has 1 N–H and O–H groups in total. The number of phenols is 1. The molecule has 0 unspecified atom stereocenters. The van der Waals surface area contributed by atoms with E-state index in [4.69, 9.17) is 0 Å². The quantitative estimate of drug-likeness (QED) is 0.725. The van der Waals surface area contributed by atoms with Crippen molar-refractivity contribution >= 4 is 21.5 Å². The van der Waals surface area contributed by atoms with E-state index in [0.717, 1.165) is 21.1 Å². The zero-order valence-corrected chi connectivity index (χ0v) is 10.3. The van der Waals surface area contributed by atoms with Crippen molar-refractivity contribution in [1.29, 1.82) is 0 Å². The van der Waals surface area contributed by atoms with E-state index in [1.54, 1.807) is 12.1 Å². The molecule has 0 saturated heterocycles. The van der Waals surface area contributed by atoms with Crippen molar-refractivity contribution in [2.75, 3.05) is 0 Å². The Morgan fingerprint density at radius 3 is 2.16 bits per heavy atom. The van der Waals surface area contributed by atoms with E-state index < -0.39 is 0 Å². The number of benzene rings is 2. The maximum atomic E-state index is 9.78. The molecule has 0 aliphatic heterocycles. The van der Waals surface area contributed by atoms with Gasteiger partial charge in [-0.3, -0.25) is 0 Å². The molecule has 0 radical (unpaired) electrons. The number of para-hydroxylation sites is 1. The van der Waals surface area contributed by atoms with E-state index in [9.17, 15) is 5.11 Å². The summed E-state index contributed by atoms with van der Waals surface area (Å²) in [6, 6.07) is 17.0. The molecule has 2 aromatic carbocycles. The number of hydrogen-bond acceptors (Lipinski definition) is 4. The molecular formula is C14H12BeN2OS. The molecular weight excluding hydrogens is 253 g/mol. The van der Waals surface area contributed by atoms with Crippen LogP contribution >= 0.6 is 11.3 Å². The number of aromatic nitrogens is 2. The summed E-state index contributed by atoms with van der Waals surface area (Å²) >= 11 is 1.47. The van der Waals surface area contributed by atoms with Crippen molar-refractivity contribution in [2.24, 2.45) is 0 Å². The van der Waals surface area contributed by atoms with Crippen molar-refractivity contribution < 1.29 is 5.11 Å². The van der Waals surface area contributed by atoms with Gasteiger partial charge in [-0.25, -0.2) is 0 Å². The molecule has 3 aromatic rings. The summed E-state index contributed by atoms with van der Waals surface area (Å²) in [5.41, 5.74) is 1.76. The van der Waals surface area contributed by atoms with Crippen molar-refractivity contribution in [2.45, 2.75) is 0 Å². The van der Waals surface area contributed by atoms with E-state index >= 15 is 0 Å². The van der Waals surface area contributed by atoms with Crippen LogP contribution in [0.5, 0.6) is 5.75 Å². The summed E-state index contributed by atoms with van der Waals surface area (Å²) < 4.78 is 0. The molecule has 0 spiro atoms. The third-order valence-corrected chi connectivity index (χ3v) is 3.59. The van der Waals surface area contributed by atoms with Crippen LogP contribution in [0.15, 0.2) is 54.6 Å². The molecule has 0 aliphatic carbocycles. The Morgan fingerprint density at radius 2 is 1.42 bits per heavy atom. The Morgan fingerprint density at radius 1 is 0.789 bits per heavy atom. The molecule has 0 saturated carbocycles. The van der Waals surface area contributed by atoms with Crippen molar-refractivity contribution in [1.82, 2.24) is 10.2 Å². The van der Waals surface area contributed by atoms with Gasteiger partial charge in [0.2, 0.25) is 0 Å². The van der Waals surface area contributed by atoms with Gasteiger partial charge in [-0.05, 0) is 12.1 Å². The van der Waals surface area contributed by atoms with Crippen LogP contribution in [0.4, 0.5) is 0 Å². The Hall–Kier alpha value is -2.03. The maximum absolute atomic E-state index is 9.78. The third-order valence-electron chi connectivity index (χ3n) is 2.58. The van der Waals surface area contributed by atoms with Crippen molar-refractivity contribution in [3.63, 3.8) is 0 Å². The number of rotatable bonds is 2. The summed E-state index contributed by atoms with van der Waals surface area (Å²) in [6.07, 6.45) is 0. The Kier molecular flexibility index (Phi) is 4.05. The van der Waals surface area contributed by atoms with E-state index in [2.05, 4.69) is 10.2 Å². The van der Waals surface area contributed by atoms with E-state index in [-0.39, 0.29) is 15.9 Å². The van der Waals surface area contributed by atoms with Crippen LogP contribution in [0.25, 0.3) is 21.1 Å². The van der Waals surface area contributed by atoms with E-state index in [0.29, 0.717) is 0 Å². The molecule has 0 atom stereocenters. The van der Waals surface area contributed by atoms with Gasteiger partial charge in [0, 0.05) is 5.56 Å². The molecule has 92 valence electrons. The molecule has 1 aromatic heterocycles. The molecule has 0 amide bonds. The standard InChI is InChI=1S/C14H10N2OS.Be.2H/c17-12-9-5-4-8-11(12)14-16-15-13(18-14)10-6-2-1-3-7-10;;;/h1-9,17H;;;. The predicted octanol–water partition coefficient (Wildman–Crippen LogP) is 2.66. The van der Waals surface area contributed by atoms with Gasteiger partial charge in [-0.1, -0.05) is 53.8 Å². The van der Waals surface area contributed by atoms with Gasteiger partial charge in [0.15, 0.2) is 5.01 Å². The fourth-order valence-electron chi connectivity index (χ4n) is 1.68. The molecule has 0 fully saturated rings. The van der Waals surface area contributed by atoms with Crippen molar-refractivity contribution in [3.05, 3.63) is 54.6 Å². The second kappa shape index (κ2) is 5.74. The summed E-state index contributed by atoms with van der Waals surface area (Å²) in [5.74, 6) is 0.230. The molecule has 3 nitrogen and oxygen atoms in total. The van der Waals surface area contributed by atoms with Crippen LogP contribution < -0.4 is 0 Å². The van der Waals surface area contributed by atoms with Crippen LogP contribution in [0.1, 0.15) is 0 Å².